The van der Waals surface area contributed by atoms with E-state index in [1.165, 1.54) is 71.2 Å². The van der Waals surface area contributed by atoms with Crippen LogP contribution in [-0.4, -0.2) is 67.7 Å². The summed E-state index contributed by atoms with van der Waals surface area (Å²) in [6.07, 6.45) is 15.4. The molecule has 2 amide bonds. The van der Waals surface area contributed by atoms with E-state index < -0.39 is 12.0 Å². The maximum absolute atomic E-state index is 12.8. The van der Waals surface area contributed by atoms with Crippen molar-refractivity contribution in [3.63, 3.8) is 0 Å². The van der Waals surface area contributed by atoms with E-state index in [1.54, 1.807) is 16.7 Å². The highest BCUT2D eigenvalue weighted by Crippen LogP contribution is 2.22. The molecule has 4 atom stereocenters. The molecule has 0 spiro atoms. The molecule has 0 radical (unpaired) electrons. The highest BCUT2D eigenvalue weighted by molar-refractivity contribution is 7.99. The lowest BCUT2D eigenvalue weighted by Crippen LogP contribution is -2.52. The van der Waals surface area contributed by atoms with Crippen LogP contribution in [0.25, 0.3) is 0 Å². The van der Waals surface area contributed by atoms with E-state index in [9.17, 15) is 14.4 Å². The zero-order chi connectivity index (χ0) is 29.9. The van der Waals surface area contributed by atoms with Gasteiger partial charge in [0.25, 0.3) is 0 Å². The largest absolute Gasteiger partial charge is 0.469 e. The SMILES string of the molecule is COC(=O)C1CCCN(C(=O)NC(CSC/C=C(\C)CCCC(C)CCCC(C)CCCC(C)C)C(=O)OC)C1. The maximum atomic E-state index is 12.8. The second kappa shape index (κ2) is 21.1. The van der Waals surface area contributed by atoms with Crippen molar-refractivity contribution >= 4 is 29.7 Å². The number of nitrogens with one attached hydrogen (secondary N) is 1. The minimum Gasteiger partial charge on any atom is -0.469 e. The lowest BCUT2D eigenvalue weighted by molar-refractivity contribution is -0.147. The van der Waals surface area contributed by atoms with Gasteiger partial charge in [0.2, 0.25) is 0 Å². The standard InChI is InChI=1S/C32H58N2O5S/c1-24(2)12-8-13-25(3)14-9-15-26(4)16-10-17-27(5)19-21-40-23-29(31(36)39-7)33-32(37)34-20-11-18-28(22-34)30(35)38-6/h19,24-26,28-29H,8-18,20-23H2,1-7H3,(H,33,37)/b27-19+. The Hall–Kier alpha value is -1.70. The monoisotopic (exact) mass is 582 g/mol. The molecule has 1 aliphatic heterocycles. The zero-order valence-corrected chi connectivity index (χ0v) is 27.3. The Balaban J connectivity index is 2.31. The lowest BCUT2D eigenvalue weighted by Gasteiger charge is -2.32. The Labute approximate surface area is 249 Å². The molecule has 0 aromatic heterocycles. The van der Waals surface area contributed by atoms with Crippen molar-refractivity contribution in [2.75, 3.05) is 38.8 Å². The second-order valence-electron chi connectivity index (χ2n) is 12.3. The molecule has 4 unspecified atom stereocenters. The molecule has 1 aliphatic rings. The minimum absolute atomic E-state index is 0.299. The van der Waals surface area contributed by atoms with E-state index in [0.29, 0.717) is 25.3 Å². The van der Waals surface area contributed by atoms with Gasteiger partial charge >= 0.3 is 18.0 Å². The summed E-state index contributed by atoms with van der Waals surface area (Å²) >= 11 is 1.61. The second-order valence-corrected chi connectivity index (χ2v) is 13.4. The Bertz CT molecular complexity index is 772. The number of methoxy groups -OCH3 is 2. The first-order valence-corrected chi connectivity index (χ1v) is 16.7. The first-order chi connectivity index (χ1) is 19.1. The fourth-order valence-corrected chi connectivity index (χ4v) is 6.26. The summed E-state index contributed by atoms with van der Waals surface area (Å²) < 4.78 is 9.76. The Morgan fingerprint density at radius 3 is 2.17 bits per heavy atom. The maximum Gasteiger partial charge on any atom is 0.329 e. The average molecular weight is 583 g/mol. The molecule has 0 saturated carbocycles. The Morgan fingerprint density at radius 2 is 1.57 bits per heavy atom. The van der Waals surface area contributed by atoms with Gasteiger partial charge in [0.05, 0.1) is 20.1 Å². The fraction of sp³-hybridized carbons (Fsp3) is 0.844. The molecule has 0 bridgehead atoms. The number of amides is 2. The third-order valence-corrected chi connectivity index (χ3v) is 8.97. The van der Waals surface area contributed by atoms with Crippen LogP contribution >= 0.6 is 11.8 Å². The van der Waals surface area contributed by atoms with Crippen molar-refractivity contribution in [3.8, 4) is 0 Å². The molecule has 8 heteroatoms. The third-order valence-electron chi connectivity index (χ3n) is 8.00. The van der Waals surface area contributed by atoms with E-state index >= 15 is 0 Å². The number of likely N-dealkylation sites (tertiary alicyclic amines) is 1. The average Bonchev–Trinajstić information content (AvgIpc) is 2.93. The van der Waals surface area contributed by atoms with Gasteiger partial charge in [0.1, 0.15) is 6.04 Å². The van der Waals surface area contributed by atoms with Crippen molar-refractivity contribution in [1.29, 1.82) is 0 Å². The number of rotatable bonds is 19. The number of hydrogen-bond donors (Lipinski definition) is 1. The summed E-state index contributed by atoms with van der Waals surface area (Å²) in [5.74, 6) is 2.59. The van der Waals surface area contributed by atoms with Crippen LogP contribution in [0.5, 0.6) is 0 Å². The molecule has 1 rings (SSSR count). The van der Waals surface area contributed by atoms with E-state index in [4.69, 9.17) is 9.47 Å². The van der Waals surface area contributed by atoms with Gasteiger partial charge in [0.15, 0.2) is 0 Å². The zero-order valence-electron chi connectivity index (χ0n) is 26.5. The van der Waals surface area contributed by atoms with E-state index in [2.05, 4.69) is 46.0 Å². The molecule has 0 aromatic carbocycles. The molecular formula is C32H58N2O5S. The highest BCUT2D eigenvalue weighted by atomic mass is 32.2. The van der Waals surface area contributed by atoms with E-state index in [-0.39, 0.29) is 17.9 Å². The number of nitrogens with zero attached hydrogens (tertiary/aromatic N) is 1. The van der Waals surface area contributed by atoms with Crippen LogP contribution in [0.2, 0.25) is 0 Å². The van der Waals surface area contributed by atoms with E-state index in [0.717, 1.165) is 36.3 Å². The van der Waals surface area contributed by atoms with Crippen molar-refractivity contribution < 1.29 is 23.9 Å². The molecule has 1 N–H and O–H groups in total. The van der Waals surface area contributed by atoms with Crippen LogP contribution in [0.15, 0.2) is 11.6 Å². The van der Waals surface area contributed by atoms with Gasteiger partial charge in [-0.3, -0.25) is 4.79 Å². The van der Waals surface area contributed by atoms with Crippen molar-refractivity contribution in [1.82, 2.24) is 10.2 Å². The van der Waals surface area contributed by atoms with Gasteiger partial charge in [-0.05, 0) is 50.4 Å². The van der Waals surface area contributed by atoms with Crippen molar-refractivity contribution in [3.05, 3.63) is 11.6 Å². The molecule has 0 aromatic rings. The normalized spacial score (nSPS) is 18.2. The first-order valence-electron chi connectivity index (χ1n) is 15.5. The number of ether oxygens (including phenoxy) is 2. The molecule has 232 valence electrons. The van der Waals surface area contributed by atoms with Crippen molar-refractivity contribution in [2.24, 2.45) is 23.7 Å². The molecule has 1 heterocycles. The van der Waals surface area contributed by atoms with Crippen molar-refractivity contribution in [2.45, 2.75) is 111 Å². The van der Waals surface area contributed by atoms with Crippen LogP contribution in [-0.2, 0) is 19.1 Å². The van der Waals surface area contributed by atoms with Gasteiger partial charge in [0, 0.05) is 24.6 Å². The molecule has 0 aliphatic carbocycles. The van der Waals surface area contributed by atoms with Crippen LogP contribution in [0.4, 0.5) is 4.79 Å². The number of allylic oxidation sites excluding steroid dienone is 1. The number of piperidine rings is 1. The minimum atomic E-state index is -0.728. The van der Waals surface area contributed by atoms with Gasteiger partial charge in [-0.1, -0.05) is 84.3 Å². The molecular weight excluding hydrogens is 524 g/mol. The summed E-state index contributed by atoms with van der Waals surface area (Å²) in [7, 11) is 2.70. The van der Waals surface area contributed by atoms with Crippen LogP contribution in [0, 0.1) is 23.7 Å². The summed E-state index contributed by atoms with van der Waals surface area (Å²) in [5.41, 5.74) is 1.37. The molecule has 1 fully saturated rings. The van der Waals surface area contributed by atoms with Gasteiger partial charge in [-0.25, -0.2) is 9.59 Å². The first kappa shape index (κ1) is 36.3. The number of esters is 2. The van der Waals surface area contributed by atoms with E-state index in [1.807, 2.05) is 0 Å². The van der Waals surface area contributed by atoms with Crippen LogP contribution in [0.1, 0.15) is 105 Å². The number of thioether (sulfide) groups is 1. The third kappa shape index (κ3) is 15.9. The smallest absolute Gasteiger partial charge is 0.329 e. The summed E-state index contributed by atoms with van der Waals surface area (Å²) in [6.45, 7) is 12.5. The van der Waals surface area contributed by atoms with Crippen LogP contribution < -0.4 is 5.32 Å². The number of hydrogen-bond acceptors (Lipinski definition) is 6. The van der Waals surface area contributed by atoms with Gasteiger partial charge in [-0.15, -0.1) is 0 Å². The topological polar surface area (TPSA) is 84.9 Å². The fourth-order valence-electron chi connectivity index (χ4n) is 5.27. The highest BCUT2D eigenvalue weighted by Gasteiger charge is 2.31. The Kier molecular flexibility index (Phi) is 19.1. The molecule has 7 nitrogen and oxygen atoms in total. The quantitative estimate of drug-likeness (QED) is 0.0982. The van der Waals surface area contributed by atoms with Crippen LogP contribution in [0.3, 0.4) is 0 Å². The lowest BCUT2D eigenvalue weighted by atomic mass is 9.91. The summed E-state index contributed by atoms with van der Waals surface area (Å²) in [4.78, 5) is 38.6. The predicted molar refractivity (Wildman–Crippen MR) is 166 cm³/mol. The molecule has 40 heavy (non-hydrogen) atoms. The van der Waals surface area contributed by atoms with Gasteiger partial charge < -0.3 is 19.7 Å². The summed E-state index contributed by atoms with van der Waals surface area (Å²) in [5, 5.41) is 2.81. The molecule has 1 saturated heterocycles. The van der Waals surface area contributed by atoms with Gasteiger partial charge in [-0.2, -0.15) is 11.8 Å². The number of carbonyl (C=O) groups excluding carboxylic acids is 3. The predicted octanol–water partition coefficient (Wildman–Crippen LogP) is 7.24. The number of carbonyl (C=O) groups is 3. The summed E-state index contributed by atoms with van der Waals surface area (Å²) in [6, 6.07) is -1.07. The Morgan fingerprint density at radius 1 is 0.950 bits per heavy atom. The number of urea groups is 1.